The Hall–Kier alpha value is -3.76. The number of carbonyl (C=O) groups excluding carboxylic acids is 9. The van der Waals surface area contributed by atoms with E-state index in [1.807, 2.05) is 0 Å². The predicted octanol–water partition coefficient (Wildman–Crippen LogP) is 7.46. The first-order chi connectivity index (χ1) is 35.9. The van der Waals surface area contributed by atoms with E-state index in [0.29, 0.717) is 19.3 Å². The number of nitrogens with two attached hydrogens (primary N) is 3. The molecule has 0 heterocycles. The van der Waals surface area contributed by atoms with Gasteiger partial charge in [-0.3, -0.25) is 14.4 Å². The van der Waals surface area contributed by atoms with Crippen LogP contribution in [0.1, 0.15) is 290 Å². The van der Waals surface area contributed by atoms with Gasteiger partial charge in [-0.25, -0.2) is 14.4 Å². The topological polar surface area (TPSA) is 329 Å². The van der Waals surface area contributed by atoms with Crippen molar-refractivity contribution in [2.24, 2.45) is 17.2 Å². The Bertz CT molecular complexity index is 1330. The van der Waals surface area contributed by atoms with Crippen molar-refractivity contribution in [1.82, 2.24) is 0 Å². The summed E-state index contributed by atoms with van der Waals surface area (Å²) < 4.78 is 13.9. The molecule has 0 aliphatic rings. The number of rotatable bonds is 48. The van der Waals surface area contributed by atoms with E-state index in [2.05, 4.69) is 35.0 Å². The Morgan fingerprint density at radius 2 is 0.447 bits per heavy atom. The standard InChI is InChI=1S/3C19H35NO5.Al/c3*1-2-3-4-5-6-7-8-9-10-11-12-13-18(23)25-19(24)16(20)14-15-17(21)22;/h3*16H,2-15,20H2,1H3,(H,21,22);/q;;;+3/p-3. The Morgan fingerprint density at radius 1 is 0.289 bits per heavy atom. The summed E-state index contributed by atoms with van der Waals surface area (Å²) in [4.78, 5) is 99.9. The van der Waals surface area contributed by atoms with Crippen LogP contribution in [0.3, 0.4) is 0 Å². The number of unbranched alkanes of at least 4 members (excludes halogenated alkanes) is 30. The second kappa shape index (κ2) is 58.9. The van der Waals surface area contributed by atoms with Crippen LogP contribution in [0.4, 0.5) is 0 Å². The first-order valence-corrected chi connectivity index (χ1v) is 29.0. The number of carbonyl (C=O) groups is 9. The van der Waals surface area contributed by atoms with Crippen molar-refractivity contribution < 1.29 is 72.7 Å². The third-order valence-corrected chi connectivity index (χ3v) is 12.5. The number of hydrogen-bond acceptors (Lipinski definition) is 18. The molecule has 0 spiro atoms. The second-order valence-corrected chi connectivity index (χ2v) is 19.8. The van der Waals surface area contributed by atoms with E-state index in [-0.39, 0.29) is 75.1 Å². The van der Waals surface area contributed by atoms with Gasteiger partial charge in [0.2, 0.25) is 0 Å². The minimum Gasteiger partial charge on any atom is -0.550 e. The van der Waals surface area contributed by atoms with Crippen LogP contribution in [0.25, 0.3) is 0 Å². The summed E-state index contributed by atoms with van der Waals surface area (Å²) in [5, 5.41) is 30.9. The molecule has 6 N–H and O–H groups in total. The van der Waals surface area contributed by atoms with Gasteiger partial charge in [0, 0.05) is 37.2 Å². The van der Waals surface area contributed by atoms with Crippen molar-refractivity contribution in [3.8, 4) is 0 Å². The zero-order valence-electron chi connectivity index (χ0n) is 47.4. The average Bonchev–Trinajstić information content (AvgIpc) is 3.36. The van der Waals surface area contributed by atoms with E-state index in [1.54, 1.807) is 0 Å². The van der Waals surface area contributed by atoms with Gasteiger partial charge >= 0.3 is 53.2 Å². The Balaban J connectivity index is -0.000000508. The quantitative estimate of drug-likeness (QED) is 0.0175. The molecule has 18 nitrogen and oxygen atoms in total. The summed E-state index contributed by atoms with van der Waals surface area (Å²) in [5.74, 6) is -8.22. The Kier molecular flexibility index (Phi) is 61.0. The van der Waals surface area contributed by atoms with Gasteiger partial charge in [-0.2, -0.15) is 0 Å². The largest absolute Gasteiger partial charge is 3.00 e. The maximum absolute atomic E-state index is 11.5. The fourth-order valence-corrected chi connectivity index (χ4v) is 7.69. The molecule has 0 amide bonds. The molecule has 0 aromatic carbocycles. The maximum atomic E-state index is 11.5. The smallest absolute Gasteiger partial charge is 0.550 e. The van der Waals surface area contributed by atoms with Gasteiger partial charge in [-0.15, -0.1) is 0 Å². The average molecular weight is 1100 g/mol. The number of carboxylic acids is 3. The number of aliphatic carboxylic acids is 3. The van der Waals surface area contributed by atoms with Gasteiger partial charge in [-0.1, -0.05) is 213 Å². The summed E-state index contributed by atoms with van der Waals surface area (Å²) in [6.07, 6.45) is 38.3. The van der Waals surface area contributed by atoms with Gasteiger partial charge in [0.1, 0.15) is 18.1 Å². The molecule has 0 aliphatic carbocycles. The Morgan fingerprint density at radius 3 is 0.605 bits per heavy atom. The zero-order valence-corrected chi connectivity index (χ0v) is 48.5. The molecule has 0 saturated heterocycles. The van der Waals surface area contributed by atoms with Crippen molar-refractivity contribution >= 4 is 71.1 Å². The van der Waals surface area contributed by atoms with Crippen molar-refractivity contribution in [1.29, 1.82) is 0 Å². The van der Waals surface area contributed by atoms with E-state index in [4.69, 9.17) is 17.2 Å². The van der Waals surface area contributed by atoms with Crippen LogP contribution in [0.5, 0.6) is 0 Å². The van der Waals surface area contributed by atoms with Gasteiger partial charge in [-0.05, 0) is 57.8 Å². The van der Waals surface area contributed by atoms with E-state index < -0.39 is 71.8 Å². The molecule has 0 aliphatic heterocycles. The van der Waals surface area contributed by atoms with Gasteiger partial charge in [0.15, 0.2) is 0 Å². The van der Waals surface area contributed by atoms with Crippen LogP contribution in [0, 0.1) is 0 Å². The molecule has 0 aromatic heterocycles. The summed E-state index contributed by atoms with van der Waals surface area (Å²) >= 11 is 0. The predicted molar refractivity (Wildman–Crippen MR) is 289 cm³/mol. The van der Waals surface area contributed by atoms with E-state index in [9.17, 15) is 58.5 Å². The van der Waals surface area contributed by atoms with Crippen LogP contribution in [0.15, 0.2) is 0 Å². The molecule has 19 heteroatoms. The molecule has 0 aromatic rings. The third-order valence-electron chi connectivity index (χ3n) is 12.5. The second-order valence-electron chi connectivity index (χ2n) is 19.8. The zero-order chi connectivity index (χ0) is 56.7. The van der Waals surface area contributed by atoms with Gasteiger partial charge < -0.3 is 61.1 Å². The van der Waals surface area contributed by atoms with Crippen molar-refractivity contribution in [3.63, 3.8) is 0 Å². The minimum atomic E-state index is -1.28. The third kappa shape index (κ3) is 61.1. The maximum Gasteiger partial charge on any atom is 3.00 e. The van der Waals surface area contributed by atoms with E-state index in [0.717, 1.165) is 38.5 Å². The fourth-order valence-electron chi connectivity index (χ4n) is 7.69. The summed E-state index contributed by atoms with van der Waals surface area (Å²) in [6.45, 7) is 6.66. The Labute approximate surface area is 467 Å². The monoisotopic (exact) mass is 1100 g/mol. The summed E-state index contributed by atoms with van der Waals surface area (Å²) in [7, 11) is 0. The van der Waals surface area contributed by atoms with E-state index in [1.165, 1.54) is 154 Å². The summed E-state index contributed by atoms with van der Waals surface area (Å²) in [6, 6.07) is -3.29. The fraction of sp³-hybridized carbons (Fsp3) is 0.842. The summed E-state index contributed by atoms with van der Waals surface area (Å²) in [5.41, 5.74) is 16.4. The molecule has 0 bridgehead atoms. The van der Waals surface area contributed by atoms with Crippen molar-refractivity contribution in [2.75, 3.05) is 0 Å². The molecule has 3 atom stereocenters. The molecule has 76 heavy (non-hydrogen) atoms. The van der Waals surface area contributed by atoms with Gasteiger partial charge in [0.05, 0.1) is 0 Å². The first-order valence-electron chi connectivity index (χ1n) is 29.0. The van der Waals surface area contributed by atoms with Gasteiger partial charge in [0.25, 0.3) is 0 Å². The SMILES string of the molecule is CCCCCCCCCCCCCC(=O)OC(=O)C(N)CCC(=O)[O-].CCCCCCCCCCCCCC(=O)OC(=O)C(N)CCC(=O)[O-].CCCCCCCCCCCCCC(=O)OC(=O)C(N)CCC(=O)[O-].[Al+3]. The molecular formula is C57H102AlN3O15. The number of carboxylic acid groups (broad SMARTS) is 3. The van der Waals surface area contributed by atoms with Crippen molar-refractivity contribution in [3.05, 3.63) is 0 Å². The van der Waals surface area contributed by atoms with Crippen molar-refractivity contribution in [2.45, 2.75) is 309 Å². The molecule has 0 saturated carbocycles. The molecular weight excluding hydrogens is 994 g/mol. The van der Waals surface area contributed by atoms with Crippen LogP contribution in [0.2, 0.25) is 0 Å². The van der Waals surface area contributed by atoms with Crippen LogP contribution in [-0.4, -0.2) is 89.2 Å². The molecule has 438 valence electrons. The number of esters is 6. The molecule has 0 rings (SSSR count). The van der Waals surface area contributed by atoms with Crippen LogP contribution < -0.4 is 32.5 Å². The molecule has 0 fully saturated rings. The first kappa shape index (κ1) is 78.7. The minimum absolute atomic E-state index is 0. The molecule has 3 unspecified atom stereocenters. The van der Waals surface area contributed by atoms with Crippen LogP contribution >= 0.6 is 0 Å². The normalized spacial score (nSPS) is 11.8. The van der Waals surface area contributed by atoms with E-state index >= 15 is 0 Å². The van der Waals surface area contributed by atoms with Crippen LogP contribution in [-0.2, 0) is 57.4 Å². The molecule has 0 radical (unpaired) electrons. The number of hydrogen-bond donors (Lipinski definition) is 3. The number of ether oxygens (including phenoxy) is 3.